The van der Waals surface area contributed by atoms with Gasteiger partial charge in [0.25, 0.3) is 5.91 Å². The quantitative estimate of drug-likeness (QED) is 0.522. The third-order valence-electron chi connectivity index (χ3n) is 4.36. The number of carbonyl (C=O) groups is 1. The van der Waals surface area contributed by atoms with Crippen molar-refractivity contribution < 1.29 is 9.18 Å². The minimum Gasteiger partial charge on any atom is -0.352 e. The molecule has 2 aromatic carbocycles. The van der Waals surface area contributed by atoms with Crippen molar-refractivity contribution in [2.45, 2.75) is 13.3 Å². The fourth-order valence-electron chi connectivity index (χ4n) is 2.83. The number of rotatable bonds is 5. The second kappa shape index (κ2) is 7.69. The zero-order valence-electron chi connectivity index (χ0n) is 14.9. The van der Waals surface area contributed by atoms with Crippen LogP contribution >= 0.6 is 22.9 Å². The Morgan fingerprint density at radius 2 is 1.89 bits per heavy atom. The highest BCUT2D eigenvalue weighted by Gasteiger charge is 2.14. The normalized spacial score (nSPS) is 11.1. The van der Waals surface area contributed by atoms with E-state index in [-0.39, 0.29) is 11.7 Å². The Hall–Kier alpha value is -2.77. The predicted molar refractivity (Wildman–Crippen MR) is 108 cm³/mol. The van der Waals surface area contributed by atoms with Crippen molar-refractivity contribution in [3.63, 3.8) is 0 Å². The third kappa shape index (κ3) is 3.76. The van der Waals surface area contributed by atoms with E-state index in [0.29, 0.717) is 29.4 Å². The number of carbonyl (C=O) groups excluding carboxylic acids is 1. The van der Waals surface area contributed by atoms with Gasteiger partial charge < -0.3 is 5.32 Å². The summed E-state index contributed by atoms with van der Waals surface area (Å²) in [7, 11) is 0. The number of halogens is 2. The predicted octanol–water partition coefficient (Wildman–Crippen LogP) is 4.53. The summed E-state index contributed by atoms with van der Waals surface area (Å²) >= 11 is 7.48. The smallest absolute Gasteiger partial charge is 0.251 e. The van der Waals surface area contributed by atoms with Crippen molar-refractivity contribution in [2.75, 3.05) is 6.54 Å². The van der Waals surface area contributed by atoms with Crippen LogP contribution in [-0.2, 0) is 6.42 Å². The van der Waals surface area contributed by atoms with Gasteiger partial charge in [0, 0.05) is 34.0 Å². The molecule has 0 spiro atoms. The molecule has 142 valence electrons. The largest absolute Gasteiger partial charge is 0.352 e. The van der Waals surface area contributed by atoms with Crippen molar-refractivity contribution >= 4 is 33.8 Å². The molecule has 0 unspecified atom stereocenters. The fourth-order valence-corrected chi connectivity index (χ4v) is 4.01. The second-order valence-electron chi connectivity index (χ2n) is 6.26. The molecule has 0 bridgehead atoms. The van der Waals surface area contributed by atoms with Gasteiger partial charge in [-0.15, -0.1) is 5.10 Å². The number of nitrogens with one attached hydrogen (secondary N) is 1. The van der Waals surface area contributed by atoms with Gasteiger partial charge in [-0.25, -0.2) is 8.91 Å². The standard InChI is InChI=1S/C20H16ClFN4OS/c1-12-17(10-11-23-19(27)14-4-8-16(22)9-5-14)28-20-24-18(25-26(12)20)13-2-6-15(21)7-3-13/h2-9H,10-11H2,1H3,(H,23,27). The van der Waals surface area contributed by atoms with Crippen LogP contribution in [0, 0.1) is 12.7 Å². The maximum atomic E-state index is 12.9. The maximum Gasteiger partial charge on any atom is 0.251 e. The zero-order chi connectivity index (χ0) is 19.7. The molecule has 0 aliphatic heterocycles. The van der Waals surface area contributed by atoms with E-state index in [0.717, 1.165) is 21.1 Å². The summed E-state index contributed by atoms with van der Waals surface area (Å²) in [6.45, 7) is 2.46. The minimum atomic E-state index is -0.362. The number of hydrogen-bond acceptors (Lipinski definition) is 4. The molecule has 4 aromatic rings. The van der Waals surface area contributed by atoms with Crippen molar-refractivity contribution in [2.24, 2.45) is 0 Å². The number of aryl methyl sites for hydroxylation is 1. The SMILES string of the molecule is Cc1c(CCNC(=O)c2ccc(F)cc2)sc2nc(-c3ccc(Cl)cc3)nn12. The molecule has 0 saturated heterocycles. The molecule has 0 aliphatic rings. The third-order valence-corrected chi connectivity index (χ3v) is 5.80. The Labute approximate surface area is 169 Å². The maximum absolute atomic E-state index is 12.9. The Morgan fingerprint density at radius 3 is 2.57 bits per heavy atom. The van der Waals surface area contributed by atoms with Crippen LogP contribution in [0.5, 0.6) is 0 Å². The Kier molecular flexibility index (Phi) is 5.11. The molecule has 0 saturated carbocycles. The summed E-state index contributed by atoms with van der Waals surface area (Å²) in [4.78, 5) is 18.6. The van der Waals surface area contributed by atoms with E-state index >= 15 is 0 Å². The molecule has 1 amide bonds. The van der Waals surface area contributed by atoms with Crippen LogP contribution in [0.4, 0.5) is 4.39 Å². The van der Waals surface area contributed by atoms with E-state index in [4.69, 9.17) is 11.6 Å². The lowest BCUT2D eigenvalue weighted by atomic mass is 10.2. The van der Waals surface area contributed by atoms with E-state index in [1.165, 1.54) is 24.3 Å². The number of thiazole rings is 1. The summed E-state index contributed by atoms with van der Waals surface area (Å²) in [5.41, 5.74) is 2.35. The van der Waals surface area contributed by atoms with Gasteiger partial charge in [0.05, 0.1) is 5.69 Å². The second-order valence-corrected chi connectivity index (χ2v) is 7.76. The number of benzene rings is 2. The van der Waals surface area contributed by atoms with Crippen LogP contribution in [0.1, 0.15) is 20.9 Å². The molecule has 4 rings (SSSR count). The van der Waals surface area contributed by atoms with Gasteiger partial charge in [0.1, 0.15) is 5.82 Å². The van der Waals surface area contributed by atoms with Crippen LogP contribution in [0.15, 0.2) is 48.5 Å². The topological polar surface area (TPSA) is 59.3 Å². The number of amides is 1. The van der Waals surface area contributed by atoms with E-state index in [9.17, 15) is 9.18 Å². The summed E-state index contributed by atoms with van der Waals surface area (Å²) in [5.74, 6) is 0.0730. The lowest BCUT2D eigenvalue weighted by molar-refractivity contribution is 0.0954. The monoisotopic (exact) mass is 414 g/mol. The number of nitrogens with zero attached hydrogens (tertiary/aromatic N) is 3. The van der Waals surface area contributed by atoms with Gasteiger partial charge in [-0.3, -0.25) is 4.79 Å². The first kappa shape index (κ1) is 18.6. The van der Waals surface area contributed by atoms with Gasteiger partial charge in [-0.2, -0.15) is 4.98 Å². The zero-order valence-corrected chi connectivity index (χ0v) is 16.5. The summed E-state index contributed by atoms with van der Waals surface area (Å²) in [5, 5.41) is 8.11. The van der Waals surface area contributed by atoms with E-state index in [1.54, 1.807) is 11.3 Å². The molecule has 0 aliphatic carbocycles. The van der Waals surface area contributed by atoms with Crippen LogP contribution in [-0.4, -0.2) is 27.0 Å². The summed E-state index contributed by atoms with van der Waals surface area (Å²) in [6, 6.07) is 12.9. The molecule has 0 fully saturated rings. The molecule has 28 heavy (non-hydrogen) atoms. The minimum absolute atomic E-state index is 0.220. The van der Waals surface area contributed by atoms with Crippen molar-refractivity contribution in [3.8, 4) is 11.4 Å². The van der Waals surface area contributed by atoms with Crippen LogP contribution in [0.2, 0.25) is 5.02 Å². The van der Waals surface area contributed by atoms with Gasteiger partial charge in [0.15, 0.2) is 5.82 Å². The van der Waals surface area contributed by atoms with Gasteiger partial charge in [-0.05, 0) is 55.5 Å². The van der Waals surface area contributed by atoms with Gasteiger partial charge in [0.2, 0.25) is 4.96 Å². The molecule has 1 N–H and O–H groups in total. The first-order valence-electron chi connectivity index (χ1n) is 8.66. The molecule has 0 radical (unpaired) electrons. The van der Waals surface area contributed by atoms with Crippen LogP contribution < -0.4 is 5.32 Å². The van der Waals surface area contributed by atoms with Gasteiger partial charge >= 0.3 is 0 Å². The van der Waals surface area contributed by atoms with Gasteiger partial charge in [-0.1, -0.05) is 22.9 Å². The average Bonchev–Trinajstić information content (AvgIpc) is 3.23. The lowest BCUT2D eigenvalue weighted by Crippen LogP contribution is -2.25. The van der Waals surface area contributed by atoms with E-state index in [1.807, 2.05) is 35.7 Å². The number of fused-ring (bicyclic) bond motifs is 1. The van der Waals surface area contributed by atoms with Crippen LogP contribution in [0.3, 0.4) is 0 Å². The Balaban J connectivity index is 1.44. The average molecular weight is 415 g/mol. The highest BCUT2D eigenvalue weighted by molar-refractivity contribution is 7.17. The lowest BCUT2D eigenvalue weighted by Gasteiger charge is -2.05. The molecule has 2 aromatic heterocycles. The molecule has 5 nitrogen and oxygen atoms in total. The number of hydrogen-bond donors (Lipinski definition) is 1. The fraction of sp³-hybridized carbons (Fsp3) is 0.150. The van der Waals surface area contributed by atoms with Crippen molar-refractivity contribution in [1.82, 2.24) is 19.9 Å². The highest BCUT2D eigenvalue weighted by Crippen LogP contribution is 2.25. The molecule has 0 atom stereocenters. The highest BCUT2D eigenvalue weighted by atomic mass is 35.5. The molecule has 2 heterocycles. The first-order chi connectivity index (χ1) is 13.5. The van der Waals surface area contributed by atoms with Crippen LogP contribution in [0.25, 0.3) is 16.3 Å². The van der Waals surface area contributed by atoms with E-state index < -0.39 is 0 Å². The first-order valence-corrected chi connectivity index (χ1v) is 9.85. The molecule has 8 heteroatoms. The van der Waals surface area contributed by atoms with Crippen molar-refractivity contribution in [3.05, 3.63) is 75.5 Å². The Bertz CT molecular complexity index is 1140. The molecular formula is C20H16ClFN4OS. The van der Waals surface area contributed by atoms with Crippen molar-refractivity contribution in [1.29, 1.82) is 0 Å². The Morgan fingerprint density at radius 1 is 1.18 bits per heavy atom. The summed E-state index contributed by atoms with van der Waals surface area (Å²) in [6.07, 6.45) is 0.671. The van der Waals surface area contributed by atoms with E-state index in [2.05, 4.69) is 15.4 Å². The number of aromatic nitrogens is 3. The molecular weight excluding hydrogens is 399 g/mol. The summed E-state index contributed by atoms with van der Waals surface area (Å²) < 4.78 is 14.8.